The van der Waals surface area contributed by atoms with Gasteiger partial charge in [0.2, 0.25) is 0 Å². The Balaban J connectivity index is 1.75. The van der Waals surface area contributed by atoms with Crippen molar-refractivity contribution in [1.82, 2.24) is 9.88 Å². The zero-order valence-electron chi connectivity index (χ0n) is 16.3. The third kappa shape index (κ3) is 1.77. The Hall–Kier alpha value is -2.00. The molecule has 2 fully saturated rings. The number of rotatable bonds is 0. The van der Waals surface area contributed by atoms with Gasteiger partial charge in [-0.1, -0.05) is 38.0 Å². The van der Waals surface area contributed by atoms with Crippen molar-refractivity contribution in [2.75, 3.05) is 13.6 Å². The van der Waals surface area contributed by atoms with Gasteiger partial charge in [0, 0.05) is 27.7 Å². The second kappa shape index (κ2) is 5.08. The van der Waals surface area contributed by atoms with Crippen molar-refractivity contribution < 1.29 is 5.11 Å². The van der Waals surface area contributed by atoms with Crippen LogP contribution in [0.1, 0.15) is 50.2 Å². The number of aromatic amines is 1. The number of phenols is 1. The normalized spacial score (nSPS) is 33.2. The lowest BCUT2D eigenvalue weighted by atomic mass is 9.44. The summed E-state index contributed by atoms with van der Waals surface area (Å²) in [6.45, 7) is 3.72. The maximum absolute atomic E-state index is 11.0. The zero-order valence-corrected chi connectivity index (χ0v) is 16.3. The second-order valence-electron chi connectivity index (χ2n) is 9.50. The molecule has 1 aromatic heterocycles. The van der Waals surface area contributed by atoms with E-state index in [4.69, 9.17) is 0 Å². The van der Waals surface area contributed by atoms with Crippen LogP contribution in [0.3, 0.4) is 0 Å². The summed E-state index contributed by atoms with van der Waals surface area (Å²) in [4.78, 5) is 6.11. The fourth-order valence-corrected chi connectivity index (χ4v) is 7.22. The van der Waals surface area contributed by atoms with Crippen LogP contribution >= 0.6 is 0 Å². The number of H-pyrrole nitrogens is 1. The first kappa shape index (κ1) is 16.0. The van der Waals surface area contributed by atoms with Crippen LogP contribution in [0.4, 0.5) is 0 Å². The molecule has 2 heterocycles. The van der Waals surface area contributed by atoms with Gasteiger partial charge in [-0.25, -0.2) is 0 Å². The number of nitrogens with zero attached hydrogens (tertiary/aromatic N) is 1. The molecule has 3 atom stereocenters. The number of likely N-dealkylation sites (tertiary alicyclic amines) is 1. The lowest BCUT2D eigenvalue weighted by Crippen LogP contribution is -2.66. The van der Waals surface area contributed by atoms with Crippen molar-refractivity contribution in [3.63, 3.8) is 0 Å². The molecule has 0 radical (unpaired) electrons. The topological polar surface area (TPSA) is 39.3 Å². The van der Waals surface area contributed by atoms with Gasteiger partial charge in [-0.05, 0) is 68.0 Å². The van der Waals surface area contributed by atoms with E-state index in [1.54, 1.807) is 0 Å². The Bertz CT molecular complexity index is 1080. The van der Waals surface area contributed by atoms with Crippen LogP contribution in [0.5, 0.6) is 5.75 Å². The van der Waals surface area contributed by atoms with Crippen molar-refractivity contribution in [3.8, 4) is 5.75 Å². The summed E-state index contributed by atoms with van der Waals surface area (Å²) in [5.41, 5.74) is 5.55. The monoisotopic (exact) mass is 360 g/mol. The van der Waals surface area contributed by atoms with Gasteiger partial charge >= 0.3 is 0 Å². The van der Waals surface area contributed by atoms with Gasteiger partial charge in [0.25, 0.3) is 0 Å². The molecule has 6 rings (SSSR count). The molecule has 0 unspecified atom stereocenters. The highest BCUT2D eigenvalue weighted by molar-refractivity contribution is 6.11. The zero-order chi connectivity index (χ0) is 18.4. The summed E-state index contributed by atoms with van der Waals surface area (Å²) in [5.74, 6) is 0.430. The molecule has 3 nitrogen and oxygen atoms in total. The average molecular weight is 361 g/mol. The summed E-state index contributed by atoms with van der Waals surface area (Å²) in [7, 11) is 2.33. The third-order valence-electron chi connectivity index (χ3n) is 8.58. The van der Waals surface area contributed by atoms with Crippen LogP contribution in [0, 0.1) is 5.41 Å². The SMILES string of the molecule is CN1CC[C@@]23CCCC[C@]2(C)[C@@H]1Cc1c3cc(O)c2[nH]c3ccccc3c12. The lowest BCUT2D eigenvalue weighted by molar-refractivity contribution is -0.0732. The minimum absolute atomic E-state index is 0.222. The molecule has 2 aliphatic carbocycles. The summed E-state index contributed by atoms with van der Waals surface area (Å²) in [6.07, 6.45) is 7.57. The summed E-state index contributed by atoms with van der Waals surface area (Å²) in [6, 6.07) is 11.3. The van der Waals surface area contributed by atoms with Crippen LogP contribution in [-0.2, 0) is 11.8 Å². The number of hydrogen-bond donors (Lipinski definition) is 2. The van der Waals surface area contributed by atoms with E-state index < -0.39 is 0 Å². The van der Waals surface area contributed by atoms with Crippen LogP contribution in [-0.4, -0.2) is 34.6 Å². The predicted molar refractivity (Wildman–Crippen MR) is 110 cm³/mol. The maximum atomic E-state index is 11.0. The molecule has 1 aliphatic heterocycles. The number of fused-ring (bicyclic) bond motifs is 5. The molecule has 0 amide bonds. The largest absolute Gasteiger partial charge is 0.506 e. The van der Waals surface area contributed by atoms with Gasteiger partial charge < -0.3 is 15.0 Å². The summed E-state index contributed by atoms with van der Waals surface area (Å²) >= 11 is 0. The van der Waals surface area contributed by atoms with E-state index in [1.165, 1.54) is 60.5 Å². The van der Waals surface area contributed by atoms with Crippen molar-refractivity contribution in [1.29, 1.82) is 0 Å². The number of hydrogen-bond acceptors (Lipinski definition) is 2. The number of aromatic nitrogens is 1. The number of para-hydroxylation sites is 1. The third-order valence-corrected chi connectivity index (χ3v) is 8.58. The molecular formula is C24H28N2O. The van der Waals surface area contributed by atoms with E-state index in [0.717, 1.165) is 17.5 Å². The molecule has 0 spiro atoms. The van der Waals surface area contributed by atoms with Crippen molar-refractivity contribution in [2.24, 2.45) is 5.41 Å². The first-order valence-electron chi connectivity index (χ1n) is 10.5. The van der Waals surface area contributed by atoms with E-state index in [9.17, 15) is 5.11 Å². The van der Waals surface area contributed by atoms with E-state index >= 15 is 0 Å². The van der Waals surface area contributed by atoms with Gasteiger partial charge in [-0.15, -0.1) is 0 Å². The highest BCUT2D eigenvalue weighted by Gasteiger charge is 2.60. The number of aromatic hydroxyl groups is 1. The number of benzene rings is 2. The van der Waals surface area contributed by atoms with E-state index in [2.05, 4.69) is 54.2 Å². The van der Waals surface area contributed by atoms with Gasteiger partial charge in [-0.2, -0.15) is 0 Å². The van der Waals surface area contributed by atoms with Crippen LogP contribution < -0.4 is 0 Å². The van der Waals surface area contributed by atoms with E-state index in [-0.39, 0.29) is 5.41 Å². The van der Waals surface area contributed by atoms with Crippen LogP contribution in [0.2, 0.25) is 0 Å². The van der Waals surface area contributed by atoms with Gasteiger partial charge in [0.15, 0.2) is 0 Å². The summed E-state index contributed by atoms with van der Waals surface area (Å²) < 4.78 is 0. The predicted octanol–water partition coefficient (Wildman–Crippen LogP) is 5.11. The average Bonchev–Trinajstić information content (AvgIpc) is 3.06. The molecule has 3 aliphatic rings. The van der Waals surface area contributed by atoms with Crippen LogP contribution in [0.15, 0.2) is 30.3 Å². The molecule has 140 valence electrons. The number of nitrogens with one attached hydrogen (secondary N) is 1. The van der Waals surface area contributed by atoms with Gasteiger partial charge in [0.1, 0.15) is 5.75 Å². The molecular weight excluding hydrogens is 332 g/mol. The van der Waals surface area contributed by atoms with E-state index in [0.29, 0.717) is 17.2 Å². The summed E-state index contributed by atoms with van der Waals surface area (Å²) in [5, 5.41) is 13.5. The van der Waals surface area contributed by atoms with Crippen LogP contribution in [0.25, 0.3) is 21.8 Å². The number of phenolic OH excluding ortho intramolecular Hbond substituents is 1. The minimum atomic E-state index is 0.222. The first-order valence-corrected chi connectivity index (χ1v) is 10.5. The Morgan fingerprint density at radius 2 is 1.96 bits per heavy atom. The standard InChI is InChI=1S/C24H28N2O/c1-23-9-5-6-10-24(23)11-12-26(2)20(23)13-16-17(24)14-19(27)22-21(16)15-7-3-4-8-18(15)25-22/h3-4,7-8,14,20,25,27H,5-6,9-13H2,1-2H3/t20-,23+,24+/m0/s1. The molecule has 3 aromatic rings. The molecule has 1 saturated carbocycles. The van der Waals surface area contributed by atoms with Crippen molar-refractivity contribution in [3.05, 3.63) is 41.5 Å². The molecule has 2 N–H and O–H groups in total. The van der Waals surface area contributed by atoms with Gasteiger partial charge in [0.05, 0.1) is 5.52 Å². The Morgan fingerprint density at radius 1 is 1.15 bits per heavy atom. The molecule has 3 heteroatoms. The molecule has 2 aromatic carbocycles. The van der Waals surface area contributed by atoms with Crippen molar-refractivity contribution >= 4 is 21.8 Å². The lowest BCUT2D eigenvalue weighted by Gasteiger charge is -2.65. The Labute approximate surface area is 160 Å². The van der Waals surface area contributed by atoms with E-state index in [1.807, 2.05) is 0 Å². The van der Waals surface area contributed by atoms with Crippen molar-refractivity contribution in [2.45, 2.75) is 56.9 Å². The fraction of sp³-hybridized carbons (Fsp3) is 0.500. The maximum Gasteiger partial charge on any atom is 0.139 e. The quantitative estimate of drug-likeness (QED) is 0.585. The fourth-order valence-electron chi connectivity index (χ4n) is 7.22. The number of piperidine rings is 1. The Morgan fingerprint density at radius 3 is 2.85 bits per heavy atom. The molecule has 27 heavy (non-hydrogen) atoms. The van der Waals surface area contributed by atoms with Gasteiger partial charge in [-0.3, -0.25) is 0 Å². The smallest absolute Gasteiger partial charge is 0.139 e. The molecule has 2 bridgehead atoms. The second-order valence-corrected chi connectivity index (χ2v) is 9.50. The first-order chi connectivity index (χ1) is 13.1. The Kier molecular flexibility index (Phi) is 3.01. The number of likely N-dealkylation sites (N-methyl/N-ethyl adjacent to an activating group) is 1. The molecule has 1 saturated heterocycles. The highest BCUT2D eigenvalue weighted by Crippen LogP contribution is 2.64. The minimum Gasteiger partial charge on any atom is -0.506 e. The highest BCUT2D eigenvalue weighted by atomic mass is 16.3.